The van der Waals surface area contributed by atoms with Gasteiger partial charge in [0.1, 0.15) is 5.82 Å². The van der Waals surface area contributed by atoms with Crippen molar-refractivity contribution in [2.45, 2.75) is 6.18 Å². The van der Waals surface area contributed by atoms with Crippen LogP contribution in [0.5, 0.6) is 0 Å². The highest BCUT2D eigenvalue weighted by atomic mass is 35.5. The second-order valence-corrected chi connectivity index (χ2v) is 4.38. The minimum atomic E-state index is -4.53. The number of aromatic nitrogens is 2. The van der Waals surface area contributed by atoms with E-state index in [0.29, 0.717) is 0 Å². The van der Waals surface area contributed by atoms with Crippen molar-refractivity contribution in [1.82, 2.24) is 9.97 Å². The standard InChI is InChI=1S/C12H7ClF3N3O2/c13-7-1-6(12(14,15)16)2-8(3-7)19-10-5-17-9(4-18-10)11(20)21/h1-5H,(H,18,19)(H,20,21). The van der Waals surface area contributed by atoms with E-state index in [1.807, 2.05) is 0 Å². The maximum atomic E-state index is 12.6. The van der Waals surface area contributed by atoms with Gasteiger partial charge in [-0.1, -0.05) is 11.6 Å². The molecular formula is C12H7ClF3N3O2. The van der Waals surface area contributed by atoms with E-state index in [2.05, 4.69) is 15.3 Å². The minimum absolute atomic E-state index is 0.0622. The van der Waals surface area contributed by atoms with Gasteiger partial charge in [0.25, 0.3) is 0 Å². The van der Waals surface area contributed by atoms with Crippen LogP contribution < -0.4 is 5.32 Å². The zero-order valence-corrected chi connectivity index (χ0v) is 10.9. The number of rotatable bonds is 3. The van der Waals surface area contributed by atoms with Gasteiger partial charge in [0, 0.05) is 10.7 Å². The summed E-state index contributed by atoms with van der Waals surface area (Å²) in [6.07, 6.45) is -2.45. The van der Waals surface area contributed by atoms with Crippen molar-refractivity contribution >= 4 is 29.1 Å². The zero-order valence-electron chi connectivity index (χ0n) is 10.1. The lowest BCUT2D eigenvalue weighted by Crippen LogP contribution is -2.06. The van der Waals surface area contributed by atoms with Crippen molar-refractivity contribution in [3.63, 3.8) is 0 Å². The van der Waals surface area contributed by atoms with Crippen LogP contribution in [0.15, 0.2) is 30.6 Å². The molecule has 0 aliphatic carbocycles. The lowest BCUT2D eigenvalue weighted by molar-refractivity contribution is -0.137. The normalized spacial score (nSPS) is 11.2. The molecule has 2 aromatic rings. The Balaban J connectivity index is 2.27. The summed E-state index contributed by atoms with van der Waals surface area (Å²) in [5.74, 6) is -1.16. The van der Waals surface area contributed by atoms with Crippen LogP contribution in [0.25, 0.3) is 0 Å². The third kappa shape index (κ3) is 3.82. The van der Waals surface area contributed by atoms with E-state index in [1.165, 1.54) is 6.07 Å². The average molecular weight is 318 g/mol. The molecule has 0 radical (unpaired) electrons. The van der Waals surface area contributed by atoms with Gasteiger partial charge in [-0.3, -0.25) is 0 Å². The van der Waals surface area contributed by atoms with Gasteiger partial charge in [0.05, 0.1) is 18.0 Å². The summed E-state index contributed by atoms with van der Waals surface area (Å²) in [6.45, 7) is 0. The average Bonchev–Trinajstić information content (AvgIpc) is 2.37. The fourth-order valence-electron chi connectivity index (χ4n) is 1.48. The van der Waals surface area contributed by atoms with Gasteiger partial charge in [0.15, 0.2) is 5.69 Å². The van der Waals surface area contributed by atoms with Gasteiger partial charge >= 0.3 is 12.1 Å². The molecule has 0 unspecified atom stereocenters. The van der Waals surface area contributed by atoms with Gasteiger partial charge in [0.2, 0.25) is 0 Å². The Morgan fingerprint density at radius 1 is 1.19 bits per heavy atom. The maximum Gasteiger partial charge on any atom is 0.416 e. The van der Waals surface area contributed by atoms with E-state index in [-0.39, 0.29) is 22.2 Å². The van der Waals surface area contributed by atoms with E-state index in [0.717, 1.165) is 24.5 Å². The highest BCUT2D eigenvalue weighted by Crippen LogP contribution is 2.33. The number of nitrogens with zero attached hydrogens (tertiary/aromatic N) is 2. The van der Waals surface area contributed by atoms with Gasteiger partial charge in [-0.05, 0) is 18.2 Å². The number of carboxylic acid groups (broad SMARTS) is 1. The van der Waals surface area contributed by atoms with Crippen molar-refractivity contribution in [2.24, 2.45) is 0 Å². The molecule has 9 heteroatoms. The van der Waals surface area contributed by atoms with Gasteiger partial charge in [-0.2, -0.15) is 13.2 Å². The molecule has 21 heavy (non-hydrogen) atoms. The number of hydrogen-bond acceptors (Lipinski definition) is 4. The molecule has 2 N–H and O–H groups in total. The molecular weight excluding hydrogens is 311 g/mol. The van der Waals surface area contributed by atoms with Crippen LogP contribution >= 0.6 is 11.6 Å². The van der Waals surface area contributed by atoms with E-state index in [4.69, 9.17) is 16.7 Å². The third-order valence-corrected chi connectivity index (χ3v) is 2.59. The summed E-state index contributed by atoms with van der Waals surface area (Å²) in [5.41, 5.74) is -1.12. The van der Waals surface area contributed by atoms with Crippen LogP contribution in [-0.4, -0.2) is 21.0 Å². The Labute approximate surface area is 121 Å². The molecule has 2 rings (SSSR count). The Kier molecular flexibility index (Phi) is 3.99. The first kappa shape index (κ1) is 15.0. The fourth-order valence-corrected chi connectivity index (χ4v) is 1.71. The van der Waals surface area contributed by atoms with Crippen molar-refractivity contribution in [3.8, 4) is 0 Å². The molecule has 0 amide bonds. The molecule has 1 aromatic carbocycles. The van der Waals surface area contributed by atoms with Crippen LogP contribution in [0, 0.1) is 0 Å². The number of nitrogens with one attached hydrogen (secondary N) is 1. The number of halogens is 4. The molecule has 1 aromatic heterocycles. The number of benzene rings is 1. The van der Waals surface area contributed by atoms with Gasteiger partial charge < -0.3 is 10.4 Å². The largest absolute Gasteiger partial charge is 0.476 e. The quantitative estimate of drug-likeness (QED) is 0.904. The molecule has 110 valence electrons. The molecule has 0 bridgehead atoms. The second kappa shape index (κ2) is 5.57. The Morgan fingerprint density at radius 2 is 1.90 bits per heavy atom. The van der Waals surface area contributed by atoms with Crippen molar-refractivity contribution in [2.75, 3.05) is 5.32 Å². The number of aromatic carboxylic acids is 1. The first-order valence-corrected chi connectivity index (χ1v) is 5.83. The highest BCUT2D eigenvalue weighted by molar-refractivity contribution is 6.31. The number of anilines is 2. The van der Waals surface area contributed by atoms with E-state index in [9.17, 15) is 18.0 Å². The number of hydrogen-bond donors (Lipinski definition) is 2. The Morgan fingerprint density at radius 3 is 2.43 bits per heavy atom. The lowest BCUT2D eigenvalue weighted by atomic mass is 10.2. The first-order valence-electron chi connectivity index (χ1n) is 5.46. The number of carbonyl (C=O) groups is 1. The molecule has 0 aliphatic heterocycles. The monoisotopic (exact) mass is 317 g/mol. The Hall–Kier alpha value is -2.35. The second-order valence-electron chi connectivity index (χ2n) is 3.94. The molecule has 1 heterocycles. The van der Waals surface area contributed by atoms with Gasteiger partial charge in [-0.25, -0.2) is 14.8 Å². The zero-order chi connectivity index (χ0) is 15.6. The van der Waals surface area contributed by atoms with Crippen molar-refractivity contribution in [3.05, 3.63) is 46.9 Å². The molecule has 0 saturated carbocycles. The van der Waals surface area contributed by atoms with Crippen molar-refractivity contribution < 1.29 is 23.1 Å². The predicted molar refractivity (Wildman–Crippen MR) is 68.7 cm³/mol. The smallest absolute Gasteiger partial charge is 0.416 e. The SMILES string of the molecule is O=C(O)c1cnc(Nc2cc(Cl)cc(C(F)(F)F)c2)cn1. The van der Waals surface area contributed by atoms with Crippen LogP contribution in [0.4, 0.5) is 24.7 Å². The summed E-state index contributed by atoms with van der Waals surface area (Å²) in [6, 6.07) is 2.94. The van der Waals surface area contributed by atoms with Gasteiger partial charge in [-0.15, -0.1) is 0 Å². The molecule has 0 atom stereocenters. The molecule has 0 aliphatic rings. The topological polar surface area (TPSA) is 75.1 Å². The van der Waals surface area contributed by atoms with E-state index < -0.39 is 17.7 Å². The predicted octanol–water partition coefficient (Wildman–Crippen LogP) is 3.59. The Bertz CT molecular complexity index is 674. The molecule has 0 fully saturated rings. The van der Waals surface area contributed by atoms with Crippen LogP contribution in [0.3, 0.4) is 0 Å². The summed E-state index contributed by atoms with van der Waals surface area (Å²) in [4.78, 5) is 17.9. The third-order valence-electron chi connectivity index (χ3n) is 2.37. The van der Waals surface area contributed by atoms with Crippen LogP contribution in [0.2, 0.25) is 5.02 Å². The molecule has 5 nitrogen and oxygen atoms in total. The van der Waals surface area contributed by atoms with E-state index in [1.54, 1.807) is 0 Å². The summed E-state index contributed by atoms with van der Waals surface area (Å²) in [5, 5.41) is 11.1. The first-order chi connectivity index (χ1) is 9.75. The van der Waals surface area contributed by atoms with Crippen LogP contribution in [-0.2, 0) is 6.18 Å². The fraction of sp³-hybridized carbons (Fsp3) is 0.0833. The summed E-state index contributed by atoms with van der Waals surface area (Å²) in [7, 11) is 0. The molecule has 0 saturated heterocycles. The van der Waals surface area contributed by atoms with Crippen LogP contribution in [0.1, 0.15) is 16.1 Å². The molecule has 0 spiro atoms. The number of alkyl halides is 3. The summed E-state index contributed by atoms with van der Waals surface area (Å²) < 4.78 is 37.9. The van der Waals surface area contributed by atoms with E-state index >= 15 is 0 Å². The summed E-state index contributed by atoms with van der Waals surface area (Å²) >= 11 is 5.64. The highest BCUT2D eigenvalue weighted by Gasteiger charge is 2.31. The minimum Gasteiger partial charge on any atom is -0.476 e. The lowest BCUT2D eigenvalue weighted by Gasteiger charge is -2.11. The maximum absolute atomic E-state index is 12.6. The van der Waals surface area contributed by atoms with Crippen molar-refractivity contribution in [1.29, 1.82) is 0 Å². The number of carboxylic acids is 1.